The Balaban J connectivity index is 2.16. The molecule has 20 heavy (non-hydrogen) atoms. The van der Waals surface area contributed by atoms with Crippen molar-refractivity contribution in [2.75, 3.05) is 0 Å². The summed E-state index contributed by atoms with van der Waals surface area (Å²) in [6.07, 6.45) is -0.142. The second-order valence-corrected chi connectivity index (χ2v) is 4.71. The number of benzene rings is 1. The van der Waals surface area contributed by atoms with E-state index < -0.39 is 6.10 Å². The topological polar surface area (TPSA) is 72.0 Å². The van der Waals surface area contributed by atoms with Gasteiger partial charge in [0.2, 0.25) is 5.82 Å². The second kappa shape index (κ2) is 5.02. The van der Waals surface area contributed by atoms with Gasteiger partial charge in [0, 0.05) is 11.1 Å². The van der Waals surface area contributed by atoms with E-state index in [9.17, 15) is 5.11 Å². The molecule has 0 radical (unpaired) electrons. The van der Waals surface area contributed by atoms with Crippen molar-refractivity contribution in [3.05, 3.63) is 41.9 Å². The fourth-order valence-electron chi connectivity index (χ4n) is 2.15. The van der Waals surface area contributed by atoms with Crippen molar-refractivity contribution in [3.8, 4) is 11.5 Å². The molecular weight excluding hydrogens is 254 g/mol. The molecule has 5 nitrogen and oxygen atoms in total. The number of aromatic nitrogens is 3. The maximum atomic E-state index is 9.76. The van der Waals surface area contributed by atoms with Gasteiger partial charge in [-0.2, -0.15) is 4.98 Å². The van der Waals surface area contributed by atoms with Crippen LogP contribution in [0.25, 0.3) is 22.4 Å². The normalized spacial score (nSPS) is 12.8. The average Bonchev–Trinajstić information content (AvgIpc) is 2.95. The van der Waals surface area contributed by atoms with E-state index in [0.717, 1.165) is 22.2 Å². The molecule has 1 atom stereocenters. The highest BCUT2D eigenvalue weighted by atomic mass is 16.5. The zero-order chi connectivity index (χ0) is 14.1. The summed E-state index contributed by atoms with van der Waals surface area (Å²) in [7, 11) is 0. The van der Waals surface area contributed by atoms with Crippen molar-refractivity contribution < 1.29 is 9.63 Å². The maximum Gasteiger partial charge on any atom is 0.258 e. The van der Waals surface area contributed by atoms with Crippen molar-refractivity contribution in [2.24, 2.45) is 0 Å². The average molecular weight is 269 g/mol. The van der Waals surface area contributed by atoms with E-state index in [2.05, 4.69) is 15.1 Å². The highest BCUT2D eigenvalue weighted by Crippen LogP contribution is 2.28. The van der Waals surface area contributed by atoms with Crippen LogP contribution in [0.1, 0.15) is 31.0 Å². The summed E-state index contributed by atoms with van der Waals surface area (Å²) >= 11 is 0. The van der Waals surface area contributed by atoms with Crippen LogP contribution in [0.4, 0.5) is 0 Å². The SMILES string of the molecule is CCC(O)c1noc(-c2cc(C)nc3ccccc23)n1. The number of pyridine rings is 1. The van der Waals surface area contributed by atoms with Gasteiger partial charge in [0.15, 0.2) is 0 Å². The van der Waals surface area contributed by atoms with Crippen LogP contribution in [0, 0.1) is 6.92 Å². The molecule has 0 aliphatic carbocycles. The van der Waals surface area contributed by atoms with Gasteiger partial charge in [0.25, 0.3) is 5.89 Å². The molecule has 3 rings (SSSR count). The summed E-state index contributed by atoms with van der Waals surface area (Å²) in [6.45, 7) is 3.79. The predicted octanol–water partition coefficient (Wildman–Crippen LogP) is 3.04. The molecule has 3 aromatic rings. The molecule has 0 amide bonds. The first kappa shape index (κ1) is 12.7. The largest absolute Gasteiger partial charge is 0.385 e. The molecule has 2 heterocycles. The maximum absolute atomic E-state index is 9.76. The van der Waals surface area contributed by atoms with E-state index in [1.54, 1.807) is 0 Å². The third-order valence-electron chi connectivity index (χ3n) is 3.20. The van der Waals surface area contributed by atoms with E-state index in [4.69, 9.17) is 4.52 Å². The molecule has 2 aromatic heterocycles. The quantitative estimate of drug-likeness (QED) is 0.791. The fourth-order valence-corrected chi connectivity index (χ4v) is 2.15. The number of aliphatic hydroxyl groups excluding tert-OH is 1. The van der Waals surface area contributed by atoms with Crippen LogP contribution in [0.5, 0.6) is 0 Å². The molecule has 1 N–H and O–H groups in total. The molecule has 0 saturated carbocycles. The minimum Gasteiger partial charge on any atom is -0.385 e. The fraction of sp³-hybridized carbons (Fsp3) is 0.267. The molecule has 0 aliphatic rings. The molecule has 0 aliphatic heterocycles. The van der Waals surface area contributed by atoms with Gasteiger partial charge in [-0.1, -0.05) is 30.3 Å². The molecule has 0 bridgehead atoms. The van der Waals surface area contributed by atoms with Gasteiger partial charge in [-0.05, 0) is 25.5 Å². The third kappa shape index (κ3) is 2.16. The van der Waals surface area contributed by atoms with E-state index in [1.807, 2.05) is 44.2 Å². The third-order valence-corrected chi connectivity index (χ3v) is 3.20. The number of para-hydroxylation sites is 1. The number of hydrogen-bond donors (Lipinski definition) is 1. The van der Waals surface area contributed by atoms with Crippen molar-refractivity contribution >= 4 is 10.9 Å². The number of aryl methyl sites for hydroxylation is 1. The van der Waals surface area contributed by atoms with E-state index >= 15 is 0 Å². The van der Waals surface area contributed by atoms with Gasteiger partial charge < -0.3 is 9.63 Å². The van der Waals surface area contributed by atoms with E-state index in [-0.39, 0.29) is 0 Å². The van der Waals surface area contributed by atoms with Crippen molar-refractivity contribution in [1.29, 1.82) is 0 Å². The summed E-state index contributed by atoms with van der Waals surface area (Å²) in [5.74, 6) is 0.732. The van der Waals surface area contributed by atoms with Crippen molar-refractivity contribution in [3.63, 3.8) is 0 Å². The summed E-state index contributed by atoms with van der Waals surface area (Å²) < 4.78 is 5.29. The molecule has 0 saturated heterocycles. The van der Waals surface area contributed by atoms with Crippen LogP contribution in [-0.4, -0.2) is 20.2 Å². The number of aliphatic hydroxyl groups is 1. The first-order valence-corrected chi connectivity index (χ1v) is 6.57. The van der Waals surface area contributed by atoms with Crippen LogP contribution in [-0.2, 0) is 0 Å². The zero-order valence-corrected chi connectivity index (χ0v) is 11.4. The zero-order valence-electron chi connectivity index (χ0n) is 11.4. The molecule has 1 unspecified atom stereocenters. The van der Waals surface area contributed by atoms with Gasteiger partial charge in [-0.15, -0.1) is 0 Å². The first-order chi connectivity index (χ1) is 9.69. The molecule has 0 fully saturated rings. The standard InChI is InChI=1S/C15H15N3O2/c1-3-13(19)14-17-15(20-18-14)11-8-9(2)16-12-7-5-4-6-10(11)12/h4-8,13,19H,3H2,1-2H3. The van der Waals surface area contributed by atoms with Gasteiger partial charge in [-0.25, -0.2) is 0 Å². The smallest absolute Gasteiger partial charge is 0.258 e. The Kier molecular flexibility index (Phi) is 3.20. The number of hydrogen-bond acceptors (Lipinski definition) is 5. The van der Waals surface area contributed by atoms with Gasteiger partial charge in [0.1, 0.15) is 6.10 Å². The lowest BCUT2D eigenvalue weighted by Gasteiger charge is -2.03. The minimum absolute atomic E-state index is 0.320. The van der Waals surface area contributed by atoms with Gasteiger partial charge >= 0.3 is 0 Å². The lowest BCUT2D eigenvalue weighted by molar-refractivity contribution is 0.159. The number of nitrogens with zero attached hydrogens (tertiary/aromatic N) is 3. The highest BCUT2D eigenvalue weighted by molar-refractivity contribution is 5.92. The molecule has 102 valence electrons. The minimum atomic E-state index is -0.693. The Labute approximate surface area is 116 Å². The van der Waals surface area contributed by atoms with Crippen LogP contribution in [0.2, 0.25) is 0 Å². The summed E-state index contributed by atoms with van der Waals surface area (Å²) in [5.41, 5.74) is 2.61. The van der Waals surface area contributed by atoms with E-state index in [1.165, 1.54) is 0 Å². The lowest BCUT2D eigenvalue weighted by Crippen LogP contribution is -1.97. The molecule has 1 aromatic carbocycles. The first-order valence-electron chi connectivity index (χ1n) is 6.57. The lowest BCUT2D eigenvalue weighted by atomic mass is 10.1. The Morgan fingerprint density at radius 1 is 1.25 bits per heavy atom. The summed E-state index contributed by atoms with van der Waals surface area (Å²) in [6, 6.07) is 9.72. The molecule has 5 heteroatoms. The summed E-state index contributed by atoms with van der Waals surface area (Å²) in [5, 5.41) is 14.6. The van der Waals surface area contributed by atoms with Crippen molar-refractivity contribution in [1.82, 2.24) is 15.1 Å². The number of fused-ring (bicyclic) bond motifs is 1. The Hall–Kier alpha value is -2.27. The Morgan fingerprint density at radius 2 is 2.05 bits per heavy atom. The van der Waals surface area contributed by atoms with Crippen LogP contribution in [0.15, 0.2) is 34.9 Å². The highest BCUT2D eigenvalue weighted by Gasteiger charge is 2.17. The van der Waals surface area contributed by atoms with Crippen LogP contribution in [0.3, 0.4) is 0 Å². The van der Waals surface area contributed by atoms with Crippen LogP contribution >= 0.6 is 0 Å². The summed E-state index contributed by atoms with van der Waals surface area (Å²) in [4.78, 5) is 8.77. The van der Waals surface area contributed by atoms with E-state index in [0.29, 0.717) is 18.1 Å². The monoisotopic (exact) mass is 269 g/mol. The second-order valence-electron chi connectivity index (χ2n) is 4.71. The molecule has 0 spiro atoms. The molecular formula is C15H15N3O2. The van der Waals surface area contributed by atoms with Gasteiger partial charge in [0.05, 0.1) is 11.1 Å². The Bertz CT molecular complexity index is 752. The van der Waals surface area contributed by atoms with Crippen LogP contribution < -0.4 is 0 Å². The predicted molar refractivity (Wildman–Crippen MR) is 75.0 cm³/mol. The van der Waals surface area contributed by atoms with Gasteiger partial charge in [-0.3, -0.25) is 4.98 Å². The Morgan fingerprint density at radius 3 is 2.85 bits per heavy atom. The number of rotatable bonds is 3. The van der Waals surface area contributed by atoms with Crippen molar-refractivity contribution in [2.45, 2.75) is 26.4 Å².